The molecule has 108 valence electrons. The third-order valence-electron chi connectivity index (χ3n) is 3.30. The number of hydrogen-bond acceptors (Lipinski definition) is 3. The van der Waals surface area contributed by atoms with E-state index in [1.165, 1.54) is 23.1 Å². The van der Waals surface area contributed by atoms with Crippen LogP contribution in [0.4, 0.5) is 10.5 Å². The summed E-state index contributed by atoms with van der Waals surface area (Å²) < 4.78 is 0. The Bertz CT molecular complexity index is 535. The Kier molecular flexibility index (Phi) is 4.46. The average molecular weight is 299 g/mol. The predicted octanol–water partition coefficient (Wildman–Crippen LogP) is 2.03. The topological polar surface area (TPSA) is 89.9 Å². The van der Waals surface area contributed by atoms with Gasteiger partial charge < -0.3 is 20.4 Å². The van der Waals surface area contributed by atoms with Crippen molar-refractivity contribution in [3.05, 3.63) is 28.8 Å². The van der Waals surface area contributed by atoms with Crippen LogP contribution in [0.1, 0.15) is 23.2 Å². The monoisotopic (exact) mass is 298 g/mol. The molecule has 0 aliphatic carbocycles. The van der Waals surface area contributed by atoms with Crippen LogP contribution in [0.15, 0.2) is 18.2 Å². The van der Waals surface area contributed by atoms with Crippen molar-refractivity contribution >= 4 is 29.3 Å². The number of aliphatic hydroxyl groups excluding tert-OH is 1. The number of aromatic carboxylic acids is 1. The van der Waals surface area contributed by atoms with E-state index in [1.807, 2.05) is 0 Å². The van der Waals surface area contributed by atoms with E-state index in [2.05, 4.69) is 5.32 Å². The number of rotatable bonds is 3. The predicted molar refractivity (Wildman–Crippen MR) is 74.2 cm³/mol. The molecule has 0 radical (unpaired) electrons. The molecule has 2 rings (SSSR count). The van der Waals surface area contributed by atoms with Crippen molar-refractivity contribution in [3.8, 4) is 0 Å². The van der Waals surface area contributed by atoms with Crippen LogP contribution in [-0.4, -0.2) is 46.3 Å². The first kappa shape index (κ1) is 14.6. The number of likely N-dealkylation sites (tertiary alicyclic amines) is 1. The van der Waals surface area contributed by atoms with Gasteiger partial charge in [0.05, 0.1) is 28.9 Å². The first-order valence-corrected chi connectivity index (χ1v) is 6.62. The first-order chi connectivity index (χ1) is 9.52. The van der Waals surface area contributed by atoms with E-state index in [-0.39, 0.29) is 35.0 Å². The molecular weight excluding hydrogens is 284 g/mol. The molecule has 1 aromatic carbocycles. The molecule has 1 aliphatic rings. The van der Waals surface area contributed by atoms with E-state index in [1.54, 1.807) is 0 Å². The lowest BCUT2D eigenvalue weighted by Crippen LogP contribution is -2.40. The largest absolute Gasteiger partial charge is 0.478 e. The van der Waals surface area contributed by atoms with Crippen LogP contribution in [0.3, 0.4) is 0 Å². The van der Waals surface area contributed by atoms with Crippen molar-refractivity contribution < 1.29 is 19.8 Å². The molecule has 1 unspecified atom stereocenters. The minimum Gasteiger partial charge on any atom is -0.478 e. The molecule has 1 fully saturated rings. The summed E-state index contributed by atoms with van der Waals surface area (Å²) in [6, 6.07) is 3.52. The first-order valence-electron chi connectivity index (χ1n) is 6.24. The average Bonchev–Trinajstić information content (AvgIpc) is 2.89. The summed E-state index contributed by atoms with van der Waals surface area (Å²) in [7, 11) is 0. The van der Waals surface area contributed by atoms with Crippen LogP contribution in [0.5, 0.6) is 0 Å². The van der Waals surface area contributed by atoms with Gasteiger partial charge in [0.1, 0.15) is 0 Å². The molecule has 1 aliphatic heterocycles. The van der Waals surface area contributed by atoms with Crippen LogP contribution in [0.2, 0.25) is 5.02 Å². The lowest BCUT2D eigenvalue weighted by Gasteiger charge is -2.23. The van der Waals surface area contributed by atoms with Crippen molar-refractivity contribution in [2.24, 2.45) is 0 Å². The molecule has 2 amide bonds. The highest BCUT2D eigenvalue weighted by Gasteiger charge is 2.28. The number of carboxylic acids is 1. The number of hydrogen-bond donors (Lipinski definition) is 3. The summed E-state index contributed by atoms with van der Waals surface area (Å²) in [5.41, 5.74) is 0.296. The molecule has 1 aromatic rings. The fraction of sp³-hybridized carbons (Fsp3) is 0.385. The number of carbonyl (C=O) groups excluding carboxylic acids is 1. The highest BCUT2D eigenvalue weighted by Crippen LogP contribution is 2.25. The van der Waals surface area contributed by atoms with Gasteiger partial charge in [0.15, 0.2) is 0 Å². The van der Waals surface area contributed by atoms with E-state index in [0.717, 1.165) is 12.8 Å². The molecule has 6 nitrogen and oxygen atoms in total. The fourth-order valence-electron chi connectivity index (χ4n) is 2.23. The molecule has 1 heterocycles. The Hall–Kier alpha value is -1.79. The van der Waals surface area contributed by atoms with E-state index < -0.39 is 5.97 Å². The number of anilines is 1. The van der Waals surface area contributed by atoms with Gasteiger partial charge >= 0.3 is 12.0 Å². The number of urea groups is 1. The van der Waals surface area contributed by atoms with Crippen molar-refractivity contribution in [2.75, 3.05) is 18.5 Å². The molecule has 20 heavy (non-hydrogen) atoms. The van der Waals surface area contributed by atoms with Crippen LogP contribution >= 0.6 is 11.6 Å². The van der Waals surface area contributed by atoms with Gasteiger partial charge in [-0.2, -0.15) is 0 Å². The third-order valence-corrected chi connectivity index (χ3v) is 3.63. The number of halogens is 1. The molecule has 7 heteroatoms. The molecular formula is C13H15ClN2O4. The fourth-order valence-corrected chi connectivity index (χ4v) is 2.40. The maximum atomic E-state index is 12.1. The van der Waals surface area contributed by atoms with Gasteiger partial charge in [0.2, 0.25) is 0 Å². The second-order valence-electron chi connectivity index (χ2n) is 4.60. The highest BCUT2D eigenvalue weighted by atomic mass is 35.5. The molecule has 1 saturated heterocycles. The lowest BCUT2D eigenvalue weighted by atomic mass is 10.2. The van der Waals surface area contributed by atoms with Gasteiger partial charge in [-0.1, -0.05) is 11.6 Å². The van der Waals surface area contributed by atoms with Crippen LogP contribution in [-0.2, 0) is 0 Å². The zero-order valence-corrected chi connectivity index (χ0v) is 11.4. The molecule has 0 aromatic heterocycles. The zero-order chi connectivity index (χ0) is 14.7. The number of nitrogens with one attached hydrogen (secondary N) is 1. The van der Waals surface area contributed by atoms with Gasteiger partial charge in [-0.3, -0.25) is 0 Å². The maximum Gasteiger partial charge on any atom is 0.335 e. The van der Waals surface area contributed by atoms with Gasteiger partial charge in [-0.25, -0.2) is 9.59 Å². The van der Waals surface area contributed by atoms with Gasteiger partial charge in [-0.05, 0) is 31.0 Å². The number of nitrogens with zero attached hydrogens (tertiary/aromatic N) is 1. The number of aliphatic hydroxyl groups is 1. The van der Waals surface area contributed by atoms with E-state index in [4.69, 9.17) is 16.7 Å². The van der Waals surface area contributed by atoms with Gasteiger partial charge in [0, 0.05) is 6.54 Å². The van der Waals surface area contributed by atoms with Crippen molar-refractivity contribution in [3.63, 3.8) is 0 Å². The molecule has 0 bridgehead atoms. The second kappa shape index (κ2) is 6.11. The number of benzene rings is 1. The minimum absolute atomic E-state index is 0.0461. The summed E-state index contributed by atoms with van der Waals surface area (Å²) in [5, 5.41) is 21.0. The van der Waals surface area contributed by atoms with Crippen molar-refractivity contribution in [1.82, 2.24) is 4.90 Å². The van der Waals surface area contributed by atoms with E-state index >= 15 is 0 Å². The summed E-state index contributed by atoms with van der Waals surface area (Å²) in [5.74, 6) is -1.09. The lowest BCUT2D eigenvalue weighted by molar-refractivity contribution is 0.0697. The number of amides is 2. The third kappa shape index (κ3) is 3.02. The normalized spacial score (nSPS) is 18.1. The molecule has 0 spiro atoms. The standard InChI is InChI=1S/C13H15ClN2O4/c14-10-4-3-8(12(18)19)6-11(10)15-13(20)16-5-1-2-9(16)7-17/h3-4,6,9,17H,1-2,5,7H2,(H,15,20)(H,18,19). The summed E-state index contributed by atoms with van der Waals surface area (Å²) in [4.78, 5) is 24.6. The smallest absolute Gasteiger partial charge is 0.335 e. The van der Waals surface area contributed by atoms with Crippen LogP contribution < -0.4 is 5.32 Å². The second-order valence-corrected chi connectivity index (χ2v) is 5.01. The maximum absolute atomic E-state index is 12.1. The van der Waals surface area contributed by atoms with E-state index in [9.17, 15) is 14.7 Å². The SMILES string of the molecule is O=C(O)c1ccc(Cl)c(NC(=O)N2CCCC2CO)c1. The van der Waals surface area contributed by atoms with Gasteiger partial charge in [-0.15, -0.1) is 0 Å². The summed E-state index contributed by atoms with van der Waals surface area (Å²) >= 11 is 5.95. The summed E-state index contributed by atoms with van der Waals surface area (Å²) in [6.07, 6.45) is 1.59. The quantitative estimate of drug-likeness (QED) is 0.796. The molecule has 0 saturated carbocycles. The Labute approximate surface area is 121 Å². The van der Waals surface area contributed by atoms with Gasteiger partial charge in [0.25, 0.3) is 0 Å². The Balaban J connectivity index is 2.15. The van der Waals surface area contributed by atoms with E-state index in [0.29, 0.717) is 6.54 Å². The Morgan fingerprint density at radius 3 is 2.85 bits per heavy atom. The van der Waals surface area contributed by atoms with Crippen molar-refractivity contribution in [1.29, 1.82) is 0 Å². The Morgan fingerprint density at radius 1 is 1.45 bits per heavy atom. The Morgan fingerprint density at radius 2 is 2.20 bits per heavy atom. The molecule has 1 atom stereocenters. The molecule has 3 N–H and O–H groups in total. The number of carbonyl (C=O) groups is 2. The van der Waals surface area contributed by atoms with Crippen molar-refractivity contribution in [2.45, 2.75) is 18.9 Å². The van der Waals surface area contributed by atoms with Crippen LogP contribution in [0.25, 0.3) is 0 Å². The highest BCUT2D eigenvalue weighted by molar-refractivity contribution is 6.33. The zero-order valence-electron chi connectivity index (χ0n) is 10.7. The minimum atomic E-state index is -1.09. The summed E-state index contributed by atoms with van der Waals surface area (Å²) in [6.45, 7) is 0.476. The van der Waals surface area contributed by atoms with Crippen LogP contribution in [0, 0.1) is 0 Å². The number of carboxylic acid groups (broad SMARTS) is 1.